The number of aliphatic hydroxyl groups excluding tert-OH is 1. The van der Waals surface area contributed by atoms with Crippen LogP contribution < -0.4 is 0 Å². The van der Waals surface area contributed by atoms with Crippen LogP contribution in [0.5, 0.6) is 0 Å². The van der Waals surface area contributed by atoms with Gasteiger partial charge in [-0.1, -0.05) is 67.4 Å². The Labute approximate surface area is 241 Å². The van der Waals surface area contributed by atoms with Crippen LogP contribution in [0.15, 0.2) is 71.6 Å². The molecule has 1 aliphatic rings. The Bertz CT molecular complexity index is 1350. The zero-order chi connectivity index (χ0) is 27.3. The fourth-order valence-electron chi connectivity index (χ4n) is 4.72. The molecular formula is C33H36IrN2O2-2. The third-order valence-corrected chi connectivity index (χ3v) is 5.98. The van der Waals surface area contributed by atoms with E-state index in [1.807, 2.05) is 6.20 Å². The number of aliphatic imine (C=N–C) groups is 1. The molecule has 0 aliphatic carbocycles. The molecule has 201 valence electrons. The summed E-state index contributed by atoms with van der Waals surface area (Å²) in [6, 6.07) is 20.7. The standard InChI is InChI=1S/C28H28N2.C5H8O2.Ir/c1-17-10-18(2)13-23(12-17)27-28(24-14-19(3)11-20(4)15-24)30-25(16-29-27)26-21(5)8-7-9-22(26)6;1-4(6)3-5(2)7;/h7-12,14-16,27H,1-6H3;3,6H,1-2H3;/q-2;;/b;4-3-;. The fraction of sp³-hybridized carbons (Fsp3) is 0.273. The number of aryl methyl sites for hydroxylation is 6. The van der Waals surface area contributed by atoms with Gasteiger partial charge in [0.2, 0.25) is 0 Å². The fourth-order valence-corrected chi connectivity index (χ4v) is 4.72. The molecule has 0 amide bonds. The molecule has 3 aromatic rings. The van der Waals surface area contributed by atoms with Crippen molar-refractivity contribution in [2.45, 2.75) is 61.4 Å². The SMILES string of the molecule is CC(=O)/C=C(/C)O.Cc1[c-]c(C2[N-]C=C(c3c(C)cccc3C)N=C2c2cc(C)cc(C)c2)cc(C)c1.[Ir]. The average Bonchev–Trinajstić information content (AvgIpc) is 2.77. The molecule has 3 aromatic carbocycles. The molecular weight excluding hydrogens is 649 g/mol. The molecule has 1 atom stereocenters. The van der Waals surface area contributed by atoms with Gasteiger partial charge in [-0.2, -0.15) is 41.1 Å². The Balaban J connectivity index is 0.000000561. The van der Waals surface area contributed by atoms with Gasteiger partial charge in [0.05, 0.1) is 5.76 Å². The van der Waals surface area contributed by atoms with Crippen molar-refractivity contribution in [3.63, 3.8) is 0 Å². The van der Waals surface area contributed by atoms with Crippen molar-refractivity contribution in [3.8, 4) is 0 Å². The van der Waals surface area contributed by atoms with Gasteiger partial charge in [0.15, 0.2) is 5.78 Å². The molecule has 0 saturated heterocycles. The van der Waals surface area contributed by atoms with Crippen molar-refractivity contribution < 1.29 is 30.0 Å². The summed E-state index contributed by atoms with van der Waals surface area (Å²) in [6.45, 7) is 15.6. The quantitative estimate of drug-likeness (QED) is 0.171. The predicted molar refractivity (Wildman–Crippen MR) is 154 cm³/mol. The molecule has 1 heterocycles. The molecule has 0 aromatic heterocycles. The average molecular weight is 685 g/mol. The van der Waals surface area contributed by atoms with Crippen LogP contribution in [-0.4, -0.2) is 16.6 Å². The van der Waals surface area contributed by atoms with Crippen LogP contribution in [0.3, 0.4) is 0 Å². The molecule has 1 N–H and O–H groups in total. The maximum absolute atomic E-state index is 10.0. The minimum atomic E-state index is -0.155. The molecule has 4 nitrogen and oxygen atoms in total. The van der Waals surface area contributed by atoms with Crippen molar-refractivity contribution in [1.82, 2.24) is 0 Å². The maximum atomic E-state index is 10.0. The number of rotatable bonds is 4. The second-order valence-corrected chi connectivity index (χ2v) is 9.90. The van der Waals surface area contributed by atoms with Gasteiger partial charge in [-0.25, -0.2) is 0 Å². The number of carbonyl (C=O) groups is 1. The first kappa shape index (κ1) is 31.0. The van der Waals surface area contributed by atoms with Crippen LogP contribution in [0.25, 0.3) is 11.0 Å². The molecule has 1 radical (unpaired) electrons. The van der Waals surface area contributed by atoms with Gasteiger partial charge < -0.3 is 10.4 Å². The number of carbonyl (C=O) groups excluding carboxylic acids is 1. The Morgan fingerprint density at radius 3 is 2.00 bits per heavy atom. The zero-order valence-electron chi connectivity index (χ0n) is 23.4. The van der Waals surface area contributed by atoms with E-state index in [1.54, 1.807) is 0 Å². The van der Waals surface area contributed by atoms with E-state index in [9.17, 15) is 4.79 Å². The summed E-state index contributed by atoms with van der Waals surface area (Å²) >= 11 is 0. The third-order valence-electron chi connectivity index (χ3n) is 5.98. The van der Waals surface area contributed by atoms with E-state index >= 15 is 0 Å². The first-order chi connectivity index (χ1) is 17.4. The molecule has 1 unspecified atom stereocenters. The predicted octanol–water partition coefficient (Wildman–Crippen LogP) is 8.29. The summed E-state index contributed by atoms with van der Waals surface area (Å²) in [7, 11) is 0. The minimum absolute atomic E-state index is 0. The molecule has 1 aliphatic heterocycles. The molecule has 0 bridgehead atoms. The molecule has 0 fully saturated rings. The number of aliphatic hydroxyl groups is 1. The smallest absolute Gasteiger partial charge is 0.155 e. The van der Waals surface area contributed by atoms with Gasteiger partial charge in [-0.05, 0) is 58.2 Å². The van der Waals surface area contributed by atoms with Gasteiger partial charge in [0, 0.05) is 43.2 Å². The molecule has 0 spiro atoms. The second-order valence-electron chi connectivity index (χ2n) is 9.90. The third kappa shape index (κ3) is 8.11. The van der Waals surface area contributed by atoms with E-state index < -0.39 is 0 Å². The summed E-state index contributed by atoms with van der Waals surface area (Å²) in [4.78, 5) is 15.2. The van der Waals surface area contributed by atoms with Crippen molar-refractivity contribution in [2.75, 3.05) is 0 Å². The van der Waals surface area contributed by atoms with Gasteiger partial charge in [0.1, 0.15) is 0 Å². The van der Waals surface area contributed by atoms with Crippen LogP contribution in [0.4, 0.5) is 0 Å². The summed E-state index contributed by atoms with van der Waals surface area (Å²) in [5.41, 5.74) is 12.6. The van der Waals surface area contributed by atoms with Crippen molar-refractivity contribution >= 4 is 17.2 Å². The second kappa shape index (κ2) is 13.5. The van der Waals surface area contributed by atoms with Crippen LogP contribution in [0.1, 0.15) is 70.0 Å². The van der Waals surface area contributed by atoms with Crippen molar-refractivity contribution in [3.05, 3.63) is 128 Å². The summed E-state index contributed by atoms with van der Waals surface area (Å²) < 4.78 is 0. The Morgan fingerprint density at radius 1 is 0.921 bits per heavy atom. The van der Waals surface area contributed by atoms with E-state index in [-0.39, 0.29) is 37.7 Å². The van der Waals surface area contributed by atoms with Gasteiger partial charge in [-0.3, -0.25) is 9.79 Å². The van der Waals surface area contributed by atoms with E-state index in [0.717, 1.165) is 28.1 Å². The maximum Gasteiger partial charge on any atom is 0.155 e. The Morgan fingerprint density at radius 2 is 1.50 bits per heavy atom. The van der Waals surface area contributed by atoms with Crippen LogP contribution >= 0.6 is 0 Å². The topological polar surface area (TPSA) is 63.8 Å². The minimum Gasteiger partial charge on any atom is -0.679 e. The first-order valence-electron chi connectivity index (χ1n) is 12.5. The first-order valence-corrected chi connectivity index (χ1v) is 12.5. The van der Waals surface area contributed by atoms with Crippen LogP contribution in [-0.2, 0) is 24.9 Å². The number of nitrogens with zero attached hydrogens (tertiary/aromatic N) is 2. The summed E-state index contributed by atoms with van der Waals surface area (Å²) in [5, 5.41) is 13.4. The van der Waals surface area contributed by atoms with Gasteiger partial charge in [0.25, 0.3) is 0 Å². The number of ketones is 1. The van der Waals surface area contributed by atoms with Crippen LogP contribution in [0, 0.1) is 47.6 Å². The Hall–Kier alpha value is -3.27. The number of hydrogen-bond acceptors (Lipinski definition) is 3. The van der Waals surface area contributed by atoms with E-state index in [4.69, 9.17) is 15.4 Å². The monoisotopic (exact) mass is 685 g/mol. The van der Waals surface area contributed by atoms with Crippen molar-refractivity contribution in [2.24, 2.45) is 4.99 Å². The zero-order valence-corrected chi connectivity index (χ0v) is 25.8. The molecule has 5 heteroatoms. The largest absolute Gasteiger partial charge is 0.679 e. The normalized spacial score (nSPS) is 14.7. The summed E-state index contributed by atoms with van der Waals surface area (Å²) in [5.74, 6) is -0.0625. The van der Waals surface area contributed by atoms with Gasteiger partial charge >= 0.3 is 0 Å². The molecule has 38 heavy (non-hydrogen) atoms. The van der Waals surface area contributed by atoms with E-state index in [0.29, 0.717) is 0 Å². The van der Waals surface area contributed by atoms with E-state index in [2.05, 4.69) is 96.1 Å². The summed E-state index contributed by atoms with van der Waals surface area (Å²) in [6.07, 6.45) is 3.11. The molecule has 4 rings (SSSR count). The van der Waals surface area contributed by atoms with Gasteiger partial charge in [-0.15, -0.1) is 0 Å². The number of hydrogen-bond donors (Lipinski definition) is 1. The van der Waals surface area contributed by atoms with Crippen molar-refractivity contribution in [1.29, 1.82) is 0 Å². The molecule has 0 saturated carbocycles. The number of allylic oxidation sites excluding steroid dienone is 2. The van der Waals surface area contributed by atoms with E-state index in [1.165, 1.54) is 53.3 Å². The Kier molecular flexibility index (Phi) is 11.0. The van der Waals surface area contributed by atoms with Crippen LogP contribution in [0.2, 0.25) is 0 Å². The number of benzene rings is 3.